The summed E-state index contributed by atoms with van der Waals surface area (Å²) < 4.78 is 0. The quantitative estimate of drug-likeness (QED) is 0.847. The van der Waals surface area contributed by atoms with Crippen molar-refractivity contribution < 1.29 is 14.7 Å². The molecule has 5 nitrogen and oxygen atoms in total. The summed E-state index contributed by atoms with van der Waals surface area (Å²) in [6.07, 6.45) is 1.50. The number of aliphatic carboxylic acids is 1. The van der Waals surface area contributed by atoms with E-state index in [9.17, 15) is 9.59 Å². The minimum Gasteiger partial charge on any atom is -0.481 e. The Hall–Kier alpha value is -1.88. The summed E-state index contributed by atoms with van der Waals surface area (Å²) in [6.45, 7) is 1.25. The number of nitrogens with zero attached hydrogens (tertiary/aromatic N) is 1. The summed E-state index contributed by atoms with van der Waals surface area (Å²) in [6, 6.07) is 7.66. The minimum atomic E-state index is -0.827. The van der Waals surface area contributed by atoms with Gasteiger partial charge in [0.2, 0.25) is 5.91 Å². The monoisotopic (exact) mass is 276 g/mol. The molecular weight excluding hydrogens is 256 g/mol. The molecule has 1 atom stereocenters. The Bertz CT molecular complexity index is 502. The van der Waals surface area contributed by atoms with E-state index in [1.54, 1.807) is 11.9 Å². The van der Waals surface area contributed by atoms with Crippen LogP contribution < -0.4 is 5.32 Å². The Morgan fingerprint density at radius 3 is 2.90 bits per heavy atom. The molecule has 0 saturated heterocycles. The van der Waals surface area contributed by atoms with Crippen LogP contribution in [0, 0.1) is 0 Å². The Morgan fingerprint density at radius 2 is 2.15 bits per heavy atom. The van der Waals surface area contributed by atoms with E-state index in [0.717, 1.165) is 18.5 Å². The van der Waals surface area contributed by atoms with Gasteiger partial charge in [-0.05, 0) is 24.0 Å². The predicted octanol–water partition coefficient (Wildman–Crippen LogP) is 1.20. The average molecular weight is 276 g/mol. The smallest absolute Gasteiger partial charge is 0.303 e. The van der Waals surface area contributed by atoms with Crippen molar-refractivity contribution >= 4 is 11.9 Å². The third-order valence-corrected chi connectivity index (χ3v) is 3.62. The van der Waals surface area contributed by atoms with E-state index in [-0.39, 0.29) is 18.4 Å². The summed E-state index contributed by atoms with van der Waals surface area (Å²) in [5.74, 6) is -0.825. The molecule has 1 aromatic carbocycles. The normalized spacial score (nSPS) is 17.4. The lowest BCUT2D eigenvalue weighted by Gasteiger charge is -2.29. The molecule has 0 aromatic heterocycles. The topological polar surface area (TPSA) is 69.6 Å². The van der Waals surface area contributed by atoms with Crippen LogP contribution in [0.25, 0.3) is 0 Å². The van der Waals surface area contributed by atoms with Crippen molar-refractivity contribution in [3.8, 4) is 0 Å². The third kappa shape index (κ3) is 3.36. The molecule has 0 fully saturated rings. The number of hydrogen-bond donors (Lipinski definition) is 2. The van der Waals surface area contributed by atoms with Gasteiger partial charge in [-0.3, -0.25) is 9.59 Å². The lowest BCUT2D eigenvalue weighted by Crippen LogP contribution is -2.42. The molecule has 0 spiro atoms. The van der Waals surface area contributed by atoms with Gasteiger partial charge >= 0.3 is 5.97 Å². The zero-order valence-corrected chi connectivity index (χ0v) is 11.6. The largest absolute Gasteiger partial charge is 0.481 e. The van der Waals surface area contributed by atoms with Gasteiger partial charge < -0.3 is 15.3 Å². The Balaban J connectivity index is 2.01. The molecular formula is C15H20N2O3. The van der Waals surface area contributed by atoms with Crippen LogP contribution in [-0.4, -0.2) is 42.0 Å². The molecule has 1 heterocycles. The van der Waals surface area contributed by atoms with Crippen LogP contribution in [0.1, 0.15) is 30.0 Å². The second-order valence-electron chi connectivity index (χ2n) is 5.09. The molecule has 0 radical (unpaired) electrons. The third-order valence-electron chi connectivity index (χ3n) is 3.62. The molecule has 2 rings (SSSR count). The molecule has 1 amide bonds. The van der Waals surface area contributed by atoms with E-state index in [2.05, 4.69) is 11.4 Å². The maximum Gasteiger partial charge on any atom is 0.303 e. The van der Waals surface area contributed by atoms with Crippen LogP contribution in [0.3, 0.4) is 0 Å². The SMILES string of the molecule is CN(CCCC(=O)O)C(=O)C1NCCc2ccccc21. The number of nitrogens with one attached hydrogen (secondary N) is 1. The molecule has 1 unspecified atom stereocenters. The highest BCUT2D eigenvalue weighted by Gasteiger charge is 2.27. The average Bonchev–Trinajstić information content (AvgIpc) is 2.45. The van der Waals surface area contributed by atoms with Crippen LogP contribution >= 0.6 is 0 Å². The van der Waals surface area contributed by atoms with Crippen LogP contribution in [0.15, 0.2) is 24.3 Å². The fraction of sp³-hybridized carbons (Fsp3) is 0.467. The van der Waals surface area contributed by atoms with Gasteiger partial charge in [-0.25, -0.2) is 0 Å². The lowest BCUT2D eigenvalue weighted by atomic mass is 9.93. The van der Waals surface area contributed by atoms with Crippen LogP contribution in [0.4, 0.5) is 0 Å². The van der Waals surface area contributed by atoms with Gasteiger partial charge in [0.1, 0.15) is 6.04 Å². The molecule has 2 N–H and O–H groups in total. The Kier molecular flexibility index (Phi) is 4.74. The Morgan fingerprint density at radius 1 is 1.40 bits per heavy atom. The molecule has 1 aliphatic heterocycles. The highest BCUT2D eigenvalue weighted by atomic mass is 16.4. The first-order valence-electron chi connectivity index (χ1n) is 6.87. The van der Waals surface area contributed by atoms with E-state index >= 15 is 0 Å². The van der Waals surface area contributed by atoms with E-state index in [4.69, 9.17) is 5.11 Å². The van der Waals surface area contributed by atoms with Crippen LogP contribution in [0.2, 0.25) is 0 Å². The summed E-state index contributed by atoms with van der Waals surface area (Å²) in [5, 5.41) is 11.9. The first-order chi connectivity index (χ1) is 9.59. The molecule has 20 heavy (non-hydrogen) atoms. The zero-order valence-electron chi connectivity index (χ0n) is 11.6. The number of carbonyl (C=O) groups is 2. The summed E-state index contributed by atoms with van der Waals surface area (Å²) in [5.41, 5.74) is 2.25. The molecule has 0 bridgehead atoms. The summed E-state index contributed by atoms with van der Waals surface area (Å²) in [4.78, 5) is 24.6. The van der Waals surface area contributed by atoms with Gasteiger partial charge in [0.25, 0.3) is 0 Å². The molecule has 0 saturated carbocycles. The van der Waals surface area contributed by atoms with E-state index in [1.165, 1.54) is 5.56 Å². The number of carboxylic acids is 1. The molecule has 0 aliphatic carbocycles. The molecule has 5 heteroatoms. The number of hydrogen-bond acceptors (Lipinski definition) is 3. The maximum absolute atomic E-state index is 12.5. The Labute approximate surface area is 118 Å². The van der Waals surface area contributed by atoms with E-state index in [0.29, 0.717) is 13.0 Å². The zero-order chi connectivity index (χ0) is 14.5. The standard InChI is InChI=1S/C15H20N2O3/c1-17(10-4-7-13(18)19)15(20)14-12-6-3-2-5-11(12)8-9-16-14/h2-3,5-6,14,16H,4,7-10H2,1H3,(H,18,19). The molecule has 1 aromatic rings. The fourth-order valence-corrected chi connectivity index (χ4v) is 2.52. The number of rotatable bonds is 5. The fourth-order valence-electron chi connectivity index (χ4n) is 2.52. The maximum atomic E-state index is 12.5. The van der Waals surface area contributed by atoms with Crippen molar-refractivity contribution in [2.75, 3.05) is 20.1 Å². The lowest BCUT2D eigenvalue weighted by molar-refractivity contribution is -0.138. The molecule has 1 aliphatic rings. The molecule has 108 valence electrons. The van der Waals surface area contributed by atoms with Gasteiger partial charge in [-0.2, -0.15) is 0 Å². The second kappa shape index (κ2) is 6.52. The minimum absolute atomic E-state index is 0.00235. The number of carboxylic acid groups (broad SMARTS) is 1. The summed E-state index contributed by atoms with van der Waals surface area (Å²) >= 11 is 0. The first-order valence-corrected chi connectivity index (χ1v) is 6.87. The first kappa shape index (κ1) is 14.5. The number of fused-ring (bicyclic) bond motifs is 1. The van der Waals surface area contributed by atoms with E-state index < -0.39 is 5.97 Å². The number of amides is 1. The van der Waals surface area contributed by atoms with Gasteiger partial charge in [-0.1, -0.05) is 24.3 Å². The highest BCUT2D eigenvalue weighted by Crippen LogP contribution is 2.24. The van der Waals surface area contributed by atoms with Gasteiger partial charge in [0.05, 0.1) is 0 Å². The summed E-state index contributed by atoms with van der Waals surface area (Å²) in [7, 11) is 1.73. The number of carbonyl (C=O) groups excluding carboxylic acids is 1. The number of benzene rings is 1. The highest BCUT2D eigenvalue weighted by molar-refractivity contribution is 5.83. The predicted molar refractivity (Wildman–Crippen MR) is 75.4 cm³/mol. The number of likely N-dealkylation sites (N-methyl/N-ethyl adjacent to an activating group) is 1. The van der Waals surface area contributed by atoms with Crippen LogP contribution in [-0.2, 0) is 16.0 Å². The van der Waals surface area contributed by atoms with Gasteiger partial charge in [-0.15, -0.1) is 0 Å². The second-order valence-corrected chi connectivity index (χ2v) is 5.09. The van der Waals surface area contributed by atoms with Crippen molar-refractivity contribution in [2.24, 2.45) is 0 Å². The van der Waals surface area contributed by atoms with Gasteiger partial charge in [0.15, 0.2) is 0 Å². The van der Waals surface area contributed by atoms with E-state index in [1.807, 2.05) is 18.2 Å². The van der Waals surface area contributed by atoms with Crippen LogP contribution in [0.5, 0.6) is 0 Å². The van der Waals surface area contributed by atoms with Crippen molar-refractivity contribution in [3.05, 3.63) is 35.4 Å². The van der Waals surface area contributed by atoms with Crippen molar-refractivity contribution in [1.82, 2.24) is 10.2 Å². The van der Waals surface area contributed by atoms with Gasteiger partial charge in [0, 0.05) is 26.6 Å². The van der Waals surface area contributed by atoms with Crippen molar-refractivity contribution in [1.29, 1.82) is 0 Å². The van der Waals surface area contributed by atoms with Crippen molar-refractivity contribution in [3.63, 3.8) is 0 Å². The van der Waals surface area contributed by atoms with Crippen molar-refractivity contribution in [2.45, 2.75) is 25.3 Å².